The number of hydrogen-bond acceptors (Lipinski definition) is 3. The van der Waals surface area contributed by atoms with E-state index >= 15 is 0 Å². The number of halogens is 1. The molecular formula is C10H17ClO3P+. The molecule has 0 aliphatic heterocycles. The third-order valence-electron chi connectivity index (χ3n) is 2.87. The Hall–Kier alpha value is -0.140. The van der Waals surface area contributed by atoms with Gasteiger partial charge >= 0.3 is 13.1 Å². The monoisotopic (exact) mass is 251 g/mol. The van der Waals surface area contributed by atoms with Gasteiger partial charge < -0.3 is 4.74 Å². The first-order chi connectivity index (χ1) is 7.04. The Morgan fingerprint density at radius 1 is 1.40 bits per heavy atom. The normalized spacial score (nSPS) is 20.8. The maximum Gasteiger partial charge on any atom is 0.454 e. The molecule has 1 fully saturated rings. The summed E-state index contributed by atoms with van der Waals surface area (Å²) in [6, 6.07) is 0. The summed E-state index contributed by atoms with van der Waals surface area (Å²) in [6.07, 6.45) is 6.17. The maximum absolute atomic E-state index is 11.0. The lowest BCUT2D eigenvalue weighted by Crippen LogP contribution is -2.37. The molecule has 0 spiro atoms. The second-order valence-electron chi connectivity index (χ2n) is 4.13. The minimum Gasteiger partial charge on any atom is -0.459 e. The Kier molecular flexibility index (Phi) is 5.01. The molecule has 1 saturated carbocycles. The van der Waals surface area contributed by atoms with Crippen molar-refractivity contribution in [2.45, 2.75) is 51.0 Å². The molecule has 0 amide bonds. The SMILES string of the molecule is CC(=O)OC1(CC[P+](=O)Cl)CCCCC1. The van der Waals surface area contributed by atoms with Gasteiger partial charge in [-0.1, -0.05) is 11.0 Å². The van der Waals surface area contributed by atoms with Crippen LogP contribution in [-0.4, -0.2) is 17.7 Å². The highest BCUT2D eigenvalue weighted by molar-refractivity contribution is 7.73. The van der Waals surface area contributed by atoms with Crippen molar-refractivity contribution in [1.29, 1.82) is 0 Å². The van der Waals surface area contributed by atoms with Crippen LogP contribution >= 0.6 is 18.4 Å². The Morgan fingerprint density at radius 2 is 2.00 bits per heavy atom. The fourth-order valence-electron chi connectivity index (χ4n) is 2.20. The van der Waals surface area contributed by atoms with Gasteiger partial charge in [-0.3, -0.25) is 4.79 Å². The lowest BCUT2D eigenvalue weighted by atomic mass is 9.82. The smallest absolute Gasteiger partial charge is 0.454 e. The van der Waals surface area contributed by atoms with E-state index in [0.717, 1.165) is 25.7 Å². The van der Waals surface area contributed by atoms with Crippen LogP contribution in [0.25, 0.3) is 0 Å². The number of ether oxygens (including phenoxy) is 1. The first-order valence-corrected chi connectivity index (χ1v) is 7.69. The predicted molar refractivity (Wildman–Crippen MR) is 60.5 cm³/mol. The Morgan fingerprint density at radius 3 is 2.47 bits per heavy atom. The number of esters is 1. The fraction of sp³-hybridized carbons (Fsp3) is 0.900. The summed E-state index contributed by atoms with van der Waals surface area (Å²) in [5.41, 5.74) is -0.385. The Bertz CT molecular complexity index is 249. The van der Waals surface area contributed by atoms with E-state index in [9.17, 15) is 9.36 Å². The van der Waals surface area contributed by atoms with Gasteiger partial charge in [-0.15, -0.1) is 0 Å². The molecule has 1 atom stereocenters. The van der Waals surface area contributed by atoms with Gasteiger partial charge in [0.1, 0.15) is 5.60 Å². The van der Waals surface area contributed by atoms with E-state index in [2.05, 4.69) is 0 Å². The van der Waals surface area contributed by atoms with Gasteiger partial charge in [0.05, 0.1) is 0 Å². The van der Waals surface area contributed by atoms with E-state index in [1.54, 1.807) is 0 Å². The molecule has 0 heterocycles. The summed E-state index contributed by atoms with van der Waals surface area (Å²) in [7, 11) is -1.65. The summed E-state index contributed by atoms with van der Waals surface area (Å²) in [5.74, 6) is -0.248. The lowest BCUT2D eigenvalue weighted by Gasteiger charge is -2.35. The number of hydrogen-bond donors (Lipinski definition) is 0. The van der Waals surface area contributed by atoms with Gasteiger partial charge in [0.15, 0.2) is 6.16 Å². The summed E-state index contributed by atoms with van der Waals surface area (Å²) in [4.78, 5) is 11.0. The topological polar surface area (TPSA) is 43.4 Å². The molecule has 15 heavy (non-hydrogen) atoms. The van der Waals surface area contributed by atoms with Crippen molar-refractivity contribution in [2.24, 2.45) is 0 Å². The summed E-state index contributed by atoms with van der Waals surface area (Å²) < 4.78 is 16.3. The van der Waals surface area contributed by atoms with Gasteiger partial charge in [-0.25, -0.2) is 0 Å². The molecule has 0 bridgehead atoms. The second kappa shape index (κ2) is 5.81. The van der Waals surface area contributed by atoms with Gasteiger partial charge in [-0.05, 0) is 25.7 Å². The number of carbonyl (C=O) groups is 1. The van der Waals surface area contributed by atoms with Crippen molar-refractivity contribution in [3.05, 3.63) is 0 Å². The molecule has 1 aliphatic carbocycles. The first-order valence-electron chi connectivity index (χ1n) is 5.34. The highest BCUT2D eigenvalue weighted by Gasteiger charge is 2.37. The van der Waals surface area contributed by atoms with Crippen LogP contribution in [0.15, 0.2) is 0 Å². The molecule has 1 aliphatic rings. The molecule has 0 aromatic carbocycles. The van der Waals surface area contributed by atoms with Crippen LogP contribution in [0.3, 0.4) is 0 Å². The third kappa shape index (κ3) is 4.48. The van der Waals surface area contributed by atoms with Crippen LogP contribution in [0.1, 0.15) is 45.4 Å². The summed E-state index contributed by atoms with van der Waals surface area (Å²) in [5, 5.41) is 0. The highest BCUT2D eigenvalue weighted by Crippen LogP contribution is 2.38. The molecule has 0 aromatic rings. The van der Waals surface area contributed by atoms with Gasteiger partial charge in [0.25, 0.3) is 0 Å². The highest BCUT2D eigenvalue weighted by atomic mass is 35.7. The molecule has 5 heteroatoms. The minimum absolute atomic E-state index is 0.248. The predicted octanol–water partition coefficient (Wildman–Crippen LogP) is 3.62. The standard InChI is InChI=1S/C10H17ClO3P/c1-9(12)14-10(7-8-15(11)13)5-3-2-4-6-10/h2-8H2,1H3/q+1. The van der Waals surface area contributed by atoms with Gasteiger partial charge in [-0.2, -0.15) is 0 Å². The molecule has 0 N–H and O–H groups in total. The van der Waals surface area contributed by atoms with Gasteiger partial charge in [0, 0.05) is 13.3 Å². The van der Waals surface area contributed by atoms with Crippen molar-refractivity contribution >= 4 is 24.4 Å². The molecule has 1 unspecified atom stereocenters. The summed E-state index contributed by atoms with van der Waals surface area (Å²) in [6.45, 7) is 1.43. The summed E-state index contributed by atoms with van der Waals surface area (Å²) >= 11 is 5.46. The quantitative estimate of drug-likeness (QED) is 0.566. The first kappa shape index (κ1) is 12.9. The average Bonchev–Trinajstić information content (AvgIpc) is 2.15. The van der Waals surface area contributed by atoms with Crippen LogP contribution in [0, 0.1) is 0 Å². The van der Waals surface area contributed by atoms with Crippen LogP contribution < -0.4 is 0 Å². The molecule has 86 valence electrons. The molecular weight excluding hydrogens is 235 g/mol. The van der Waals surface area contributed by atoms with Crippen LogP contribution in [0.5, 0.6) is 0 Å². The lowest BCUT2D eigenvalue weighted by molar-refractivity contribution is -0.160. The van der Waals surface area contributed by atoms with Crippen molar-refractivity contribution in [3.8, 4) is 0 Å². The molecule has 0 radical (unpaired) electrons. The zero-order valence-electron chi connectivity index (χ0n) is 9.00. The van der Waals surface area contributed by atoms with E-state index in [4.69, 9.17) is 16.0 Å². The zero-order chi connectivity index (χ0) is 11.3. The van der Waals surface area contributed by atoms with E-state index in [1.807, 2.05) is 0 Å². The van der Waals surface area contributed by atoms with E-state index in [0.29, 0.717) is 12.6 Å². The number of rotatable bonds is 4. The fourth-order valence-corrected chi connectivity index (χ4v) is 3.03. The van der Waals surface area contributed by atoms with E-state index < -0.39 is 7.15 Å². The largest absolute Gasteiger partial charge is 0.459 e. The third-order valence-corrected chi connectivity index (χ3v) is 3.95. The van der Waals surface area contributed by atoms with Crippen molar-refractivity contribution in [1.82, 2.24) is 0 Å². The van der Waals surface area contributed by atoms with Crippen molar-refractivity contribution < 1.29 is 14.1 Å². The molecule has 0 saturated heterocycles. The molecule has 1 rings (SSSR count). The zero-order valence-corrected chi connectivity index (χ0v) is 10.7. The van der Waals surface area contributed by atoms with Crippen LogP contribution in [-0.2, 0) is 14.1 Å². The van der Waals surface area contributed by atoms with Crippen LogP contribution in [0.2, 0.25) is 0 Å². The van der Waals surface area contributed by atoms with E-state index in [1.165, 1.54) is 13.3 Å². The molecule has 0 aromatic heterocycles. The van der Waals surface area contributed by atoms with Crippen LogP contribution in [0.4, 0.5) is 0 Å². The Balaban J connectivity index is 2.57. The number of carbonyl (C=O) groups excluding carboxylic acids is 1. The van der Waals surface area contributed by atoms with Gasteiger partial charge in [0.2, 0.25) is 11.2 Å². The Labute approximate surface area is 96.1 Å². The average molecular weight is 252 g/mol. The van der Waals surface area contributed by atoms with E-state index in [-0.39, 0.29) is 11.6 Å². The van der Waals surface area contributed by atoms with Crippen molar-refractivity contribution in [3.63, 3.8) is 0 Å². The minimum atomic E-state index is -1.65. The van der Waals surface area contributed by atoms with Crippen molar-refractivity contribution in [2.75, 3.05) is 6.16 Å². The second-order valence-corrected chi connectivity index (χ2v) is 6.34. The maximum atomic E-state index is 11.0. The molecule has 3 nitrogen and oxygen atoms in total.